The molecule has 1 aromatic rings. The van der Waals surface area contributed by atoms with Crippen LogP contribution in [-0.2, 0) is 7.05 Å². The van der Waals surface area contributed by atoms with Gasteiger partial charge in [0.25, 0.3) is 0 Å². The van der Waals surface area contributed by atoms with Crippen molar-refractivity contribution in [2.45, 2.75) is 38.6 Å². The van der Waals surface area contributed by atoms with E-state index in [9.17, 15) is 10.1 Å². The monoisotopic (exact) mass is 293 g/mol. The summed E-state index contributed by atoms with van der Waals surface area (Å²) in [6.07, 6.45) is 4.80. The third kappa shape index (κ3) is 3.02. The summed E-state index contributed by atoms with van der Waals surface area (Å²) in [6.45, 7) is 4.49. The molecule has 1 atom stereocenters. The highest BCUT2D eigenvalue weighted by atomic mass is 16.6. The van der Waals surface area contributed by atoms with Crippen LogP contribution >= 0.6 is 0 Å². The van der Waals surface area contributed by atoms with E-state index < -0.39 is 0 Å². The third-order valence-corrected chi connectivity index (χ3v) is 4.42. The summed E-state index contributed by atoms with van der Waals surface area (Å²) in [4.78, 5) is 13.3. The molecule has 1 unspecified atom stereocenters. The smallest absolute Gasteiger partial charge is 0.333 e. The van der Waals surface area contributed by atoms with E-state index in [0.29, 0.717) is 23.5 Å². The summed E-state index contributed by atoms with van der Waals surface area (Å²) < 4.78 is 1.67. The molecule has 2 fully saturated rings. The minimum atomic E-state index is -0.292. The molecule has 0 aromatic carbocycles. The number of aryl methyl sites for hydroxylation is 2. The van der Waals surface area contributed by atoms with Crippen molar-refractivity contribution in [3.8, 4) is 0 Å². The Morgan fingerprint density at radius 3 is 2.76 bits per heavy atom. The number of nitro groups is 1. The Morgan fingerprint density at radius 1 is 1.43 bits per heavy atom. The Kier molecular flexibility index (Phi) is 3.84. The maximum atomic E-state index is 11.4. The average Bonchev–Trinajstić information content (AvgIpc) is 2.96. The first-order valence-electron chi connectivity index (χ1n) is 7.72. The molecule has 21 heavy (non-hydrogen) atoms. The maximum Gasteiger partial charge on any atom is 0.333 e. The Balaban J connectivity index is 1.88. The zero-order chi connectivity index (χ0) is 15.0. The molecule has 0 amide bonds. The van der Waals surface area contributed by atoms with Gasteiger partial charge in [0.15, 0.2) is 0 Å². The van der Waals surface area contributed by atoms with Crippen LogP contribution in [0.25, 0.3) is 0 Å². The van der Waals surface area contributed by atoms with Crippen molar-refractivity contribution in [1.82, 2.24) is 15.1 Å². The molecule has 0 spiro atoms. The third-order valence-electron chi connectivity index (χ3n) is 4.42. The van der Waals surface area contributed by atoms with E-state index in [1.165, 1.54) is 19.3 Å². The van der Waals surface area contributed by atoms with Gasteiger partial charge in [0.1, 0.15) is 5.69 Å². The zero-order valence-corrected chi connectivity index (χ0v) is 12.7. The Hall–Kier alpha value is -1.63. The van der Waals surface area contributed by atoms with Crippen LogP contribution in [0.5, 0.6) is 0 Å². The maximum absolute atomic E-state index is 11.4. The fraction of sp³-hybridized carbons (Fsp3) is 0.786. The fourth-order valence-electron chi connectivity index (χ4n) is 3.24. The molecule has 2 heterocycles. The minimum absolute atomic E-state index is 0.163. The molecule has 1 aliphatic heterocycles. The highest BCUT2D eigenvalue weighted by Gasteiger charge is 2.33. The molecule has 116 valence electrons. The molecule has 2 aliphatic rings. The van der Waals surface area contributed by atoms with Crippen LogP contribution in [0, 0.1) is 23.0 Å². The van der Waals surface area contributed by atoms with E-state index in [-0.39, 0.29) is 10.6 Å². The molecular weight excluding hydrogens is 270 g/mol. The standard InChI is InChI=1S/C14H23N5O2/c1-10-13(19(20)21)14(17(2)16-10)18(8-11-5-6-11)9-12-4-3-7-15-12/h11-12,15H,3-9H2,1-2H3. The number of hydrogen-bond donors (Lipinski definition) is 1. The predicted octanol–water partition coefficient (Wildman–Crippen LogP) is 1.61. The molecular formula is C14H23N5O2. The van der Waals surface area contributed by atoms with E-state index in [2.05, 4.69) is 15.3 Å². The van der Waals surface area contributed by atoms with E-state index in [1.54, 1.807) is 18.7 Å². The molecule has 1 saturated carbocycles. The lowest BCUT2D eigenvalue weighted by Gasteiger charge is -2.27. The molecule has 7 heteroatoms. The lowest BCUT2D eigenvalue weighted by atomic mass is 10.2. The molecule has 7 nitrogen and oxygen atoms in total. The van der Waals surface area contributed by atoms with Crippen molar-refractivity contribution >= 4 is 11.5 Å². The topological polar surface area (TPSA) is 76.2 Å². The number of nitrogens with zero attached hydrogens (tertiary/aromatic N) is 4. The van der Waals surface area contributed by atoms with Crippen molar-refractivity contribution in [3.63, 3.8) is 0 Å². The summed E-state index contributed by atoms with van der Waals surface area (Å²) in [6, 6.07) is 0.429. The molecule has 1 aromatic heterocycles. The van der Waals surface area contributed by atoms with Gasteiger partial charge in [-0.3, -0.25) is 10.1 Å². The number of aromatic nitrogens is 2. The van der Waals surface area contributed by atoms with Crippen molar-refractivity contribution in [1.29, 1.82) is 0 Å². The Bertz CT molecular complexity index is 532. The van der Waals surface area contributed by atoms with Crippen molar-refractivity contribution < 1.29 is 4.92 Å². The molecule has 1 N–H and O–H groups in total. The van der Waals surface area contributed by atoms with Gasteiger partial charge in [-0.2, -0.15) is 5.10 Å². The normalized spacial score (nSPS) is 21.7. The second-order valence-corrected chi connectivity index (χ2v) is 6.28. The van der Waals surface area contributed by atoms with Crippen LogP contribution in [0.15, 0.2) is 0 Å². The van der Waals surface area contributed by atoms with Crippen LogP contribution in [0.1, 0.15) is 31.4 Å². The first kappa shape index (κ1) is 14.3. The number of rotatable bonds is 6. The lowest BCUT2D eigenvalue weighted by molar-refractivity contribution is -0.384. The molecule has 0 bridgehead atoms. The highest BCUT2D eigenvalue weighted by Crippen LogP contribution is 2.36. The van der Waals surface area contributed by atoms with Gasteiger partial charge in [-0.05, 0) is 45.1 Å². The van der Waals surface area contributed by atoms with Crippen LogP contribution in [0.2, 0.25) is 0 Å². The number of hydrogen-bond acceptors (Lipinski definition) is 5. The Labute approximate surface area is 124 Å². The number of nitrogens with one attached hydrogen (secondary N) is 1. The van der Waals surface area contributed by atoms with Crippen molar-refractivity contribution in [2.24, 2.45) is 13.0 Å². The summed E-state index contributed by atoms with van der Waals surface area (Å²) in [5.74, 6) is 1.35. The molecule has 3 rings (SSSR count). The van der Waals surface area contributed by atoms with Gasteiger partial charge in [-0.15, -0.1) is 0 Å². The van der Waals surface area contributed by atoms with E-state index >= 15 is 0 Å². The first-order valence-corrected chi connectivity index (χ1v) is 7.72. The van der Waals surface area contributed by atoms with Crippen molar-refractivity contribution in [3.05, 3.63) is 15.8 Å². The number of anilines is 1. The van der Waals surface area contributed by atoms with E-state index in [4.69, 9.17) is 0 Å². The van der Waals surface area contributed by atoms with Crippen LogP contribution in [0.4, 0.5) is 11.5 Å². The summed E-state index contributed by atoms with van der Waals surface area (Å²) >= 11 is 0. The van der Waals surface area contributed by atoms with Gasteiger partial charge >= 0.3 is 5.69 Å². The minimum Gasteiger partial charge on any atom is -0.349 e. The van der Waals surface area contributed by atoms with Gasteiger partial charge < -0.3 is 10.2 Å². The largest absolute Gasteiger partial charge is 0.349 e. The quantitative estimate of drug-likeness (QED) is 0.637. The van der Waals surface area contributed by atoms with Crippen LogP contribution in [-0.4, -0.2) is 40.4 Å². The van der Waals surface area contributed by atoms with Crippen molar-refractivity contribution in [2.75, 3.05) is 24.5 Å². The zero-order valence-electron chi connectivity index (χ0n) is 12.7. The lowest BCUT2D eigenvalue weighted by Crippen LogP contribution is -2.39. The summed E-state index contributed by atoms with van der Waals surface area (Å²) in [5, 5.41) is 19.2. The molecule has 0 radical (unpaired) electrons. The van der Waals surface area contributed by atoms with Crippen LogP contribution < -0.4 is 10.2 Å². The van der Waals surface area contributed by atoms with Gasteiger partial charge in [0.05, 0.1) is 4.92 Å². The molecule has 1 saturated heterocycles. The van der Waals surface area contributed by atoms with E-state index in [0.717, 1.165) is 26.1 Å². The van der Waals surface area contributed by atoms with Gasteiger partial charge in [0, 0.05) is 26.2 Å². The fourth-order valence-corrected chi connectivity index (χ4v) is 3.24. The van der Waals surface area contributed by atoms with Gasteiger partial charge in [0.2, 0.25) is 5.82 Å². The second-order valence-electron chi connectivity index (χ2n) is 6.28. The first-order chi connectivity index (χ1) is 10.1. The average molecular weight is 293 g/mol. The molecule has 1 aliphatic carbocycles. The van der Waals surface area contributed by atoms with Gasteiger partial charge in [-0.25, -0.2) is 4.68 Å². The second kappa shape index (κ2) is 5.63. The Morgan fingerprint density at radius 2 is 2.19 bits per heavy atom. The highest BCUT2D eigenvalue weighted by molar-refractivity contribution is 5.61. The van der Waals surface area contributed by atoms with E-state index in [1.807, 2.05) is 0 Å². The predicted molar refractivity (Wildman–Crippen MR) is 80.6 cm³/mol. The SMILES string of the molecule is Cc1nn(C)c(N(CC2CC2)CC2CCCN2)c1[N+](=O)[O-]. The van der Waals surface area contributed by atoms with Gasteiger partial charge in [-0.1, -0.05) is 0 Å². The summed E-state index contributed by atoms with van der Waals surface area (Å²) in [5.41, 5.74) is 0.661. The van der Waals surface area contributed by atoms with Crippen LogP contribution in [0.3, 0.4) is 0 Å². The summed E-state index contributed by atoms with van der Waals surface area (Å²) in [7, 11) is 1.80.